The highest BCUT2D eigenvalue weighted by atomic mass is 79.9. The molecule has 1 aromatic rings. The Labute approximate surface area is 116 Å². The van der Waals surface area contributed by atoms with Crippen LogP contribution in [0.5, 0.6) is 0 Å². The van der Waals surface area contributed by atoms with Crippen LogP contribution in [0.2, 0.25) is 0 Å². The lowest BCUT2D eigenvalue weighted by atomic mass is 10.3. The minimum Gasteiger partial charge on any atom is -0.301 e. The van der Waals surface area contributed by atoms with Crippen LogP contribution in [0.4, 0.5) is 18.3 Å². The SMILES string of the molecule is O=C(Nc1ncc(C(F)(F)F)s1)C(Br)CCBr. The molecule has 1 amide bonds. The molecule has 96 valence electrons. The second-order valence-corrected chi connectivity index (χ2v) is 5.89. The molecule has 9 heteroatoms. The lowest BCUT2D eigenvalue weighted by Crippen LogP contribution is -2.22. The molecule has 1 heterocycles. The van der Waals surface area contributed by atoms with Gasteiger partial charge in [0.2, 0.25) is 5.91 Å². The van der Waals surface area contributed by atoms with Gasteiger partial charge in [-0.05, 0) is 6.42 Å². The number of amides is 1. The molecule has 0 saturated carbocycles. The average Bonchev–Trinajstić information content (AvgIpc) is 2.66. The molecule has 3 nitrogen and oxygen atoms in total. The number of alkyl halides is 5. The van der Waals surface area contributed by atoms with Crippen molar-refractivity contribution < 1.29 is 18.0 Å². The van der Waals surface area contributed by atoms with Gasteiger partial charge in [-0.3, -0.25) is 4.79 Å². The largest absolute Gasteiger partial charge is 0.427 e. The zero-order chi connectivity index (χ0) is 13.1. The minimum absolute atomic E-state index is 0.0543. The van der Waals surface area contributed by atoms with Crippen LogP contribution in [-0.2, 0) is 11.0 Å². The lowest BCUT2D eigenvalue weighted by molar-refractivity contribution is -0.134. The molecule has 0 aromatic carbocycles. The van der Waals surface area contributed by atoms with E-state index >= 15 is 0 Å². The van der Waals surface area contributed by atoms with Crippen LogP contribution in [0.25, 0.3) is 0 Å². The van der Waals surface area contributed by atoms with E-state index in [9.17, 15) is 18.0 Å². The molecule has 1 unspecified atom stereocenters. The first-order valence-corrected chi connectivity index (χ1v) is 7.24. The van der Waals surface area contributed by atoms with E-state index in [-0.39, 0.29) is 5.13 Å². The highest BCUT2D eigenvalue weighted by molar-refractivity contribution is 9.10. The maximum atomic E-state index is 12.3. The Morgan fingerprint density at radius 2 is 2.24 bits per heavy atom. The first-order chi connectivity index (χ1) is 7.84. The number of carbonyl (C=O) groups is 1. The number of hydrogen-bond acceptors (Lipinski definition) is 3. The van der Waals surface area contributed by atoms with Crippen molar-refractivity contribution in [3.8, 4) is 0 Å². The first-order valence-electron chi connectivity index (χ1n) is 4.38. The highest BCUT2D eigenvalue weighted by Gasteiger charge is 2.33. The summed E-state index contributed by atoms with van der Waals surface area (Å²) in [6.07, 6.45) is -3.19. The van der Waals surface area contributed by atoms with Crippen molar-refractivity contribution in [2.45, 2.75) is 17.4 Å². The second kappa shape index (κ2) is 6.14. The third kappa shape index (κ3) is 4.55. The Balaban J connectivity index is 2.64. The van der Waals surface area contributed by atoms with Crippen molar-refractivity contribution >= 4 is 54.2 Å². The maximum Gasteiger partial charge on any atom is 0.427 e. The van der Waals surface area contributed by atoms with Crippen molar-refractivity contribution in [1.29, 1.82) is 0 Å². The summed E-state index contributed by atoms with van der Waals surface area (Å²) in [5.74, 6) is -0.410. The lowest BCUT2D eigenvalue weighted by Gasteiger charge is -2.06. The van der Waals surface area contributed by atoms with Crippen molar-refractivity contribution in [2.75, 3.05) is 10.6 Å². The van der Waals surface area contributed by atoms with Gasteiger partial charge in [-0.15, -0.1) is 0 Å². The van der Waals surface area contributed by atoms with E-state index in [2.05, 4.69) is 42.2 Å². The summed E-state index contributed by atoms with van der Waals surface area (Å²) in [6, 6.07) is 0. The van der Waals surface area contributed by atoms with Crippen LogP contribution in [0.15, 0.2) is 6.20 Å². The maximum absolute atomic E-state index is 12.3. The van der Waals surface area contributed by atoms with E-state index < -0.39 is 21.8 Å². The summed E-state index contributed by atoms with van der Waals surface area (Å²) in [7, 11) is 0. The zero-order valence-corrected chi connectivity index (χ0v) is 12.2. The molecule has 0 aliphatic carbocycles. The standard InChI is InChI=1S/C8H7Br2F3N2OS/c9-2-1-4(10)6(16)15-7-14-3-5(17-7)8(11,12)13/h3-4H,1-2H2,(H,14,15,16). The molecule has 0 fully saturated rings. The topological polar surface area (TPSA) is 42.0 Å². The monoisotopic (exact) mass is 394 g/mol. The van der Waals surface area contributed by atoms with Crippen molar-refractivity contribution in [3.05, 3.63) is 11.1 Å². The van der Waals surface area contributed by atoms with Gasteiger partial charge >= 0.3 is 6.18 Å². The van der Waals surface area contributed by atoms with Crippen molar-refractivity contribution in [2.24, 2.45) is 0 Å². The number of halogens is 5. The van der Waals surface area contributed by atoms with Gasteiger partial charge in [0.15, 0.2) is 5.13 Å². The molecule has 0 radical (unpaired) electrons. The van der Waals surface area contributed by atoms with Crippen molar-refractivity contribution in [1.82, 2.24) is 4.98 Å². The van der Waals surface area contributed by atoms with Crippen LogP contribution in [0, 0.1) is 0 Å². The molecule has 0 bridgehead atoms. The number of thiazole rings is 1. The summed E-state index contributed by atoms with van der Waals surface area (Å²) in [6.45, 7) is 0. The van der Waals surface area contributed by atoms with E-state index in [4.69, 9.17) is 0 Å². The molecule has 1 rings (SSSR count). The fraction of sp³-hybridized carbons (Fsp3) is 0.500. The van der Waals surface area contributed by atoms with E-state index in [1.54, 1.807) is 0 Å². The number of aromatic nitrogens is 1. The molecular formula is C8H7Br2F3N2OS. The van der Waals surface area contributed by atoms with Crippen LogP contribution >= 0.6 is 43.2 Å². The number of carbonyl (C=O) groups excluding carboxylic acids is 1. The predicted octanol–water partition coefficient (Wildman–Crippen LogP) is 3.65. The normalized spacial score (nSPS) is 13.5. The van der Waals surface area contributed by atoms with Gasteiger partial charge < -0.3 is 5.32 Å². The third-order valence-electron chi connectivity index (χ3n) is 1.66. The number of nitrogens with one attached hydrogen (secondary N) is 1. The first kappa shape index (κ1) is 14.9. The van der Waals surface area contributed by atoms with Crippen molar-refractivity contribution in [3.63, 3.8) is 0 Å². The second-order valence-electron chi connectivity index (χ2n) is 2.96. The molecule has 1 aromatic heterocycles. The Hall–Kier alpha value is -0.150. The summed E-state index contributed by atoms with van der Waals surface area (Å²) in [4.78, 5) is 13.7. The Bertz CT molecular complexity index is 396. The molecule has 17 heavy (non-hydrogen) atoms. The van der Waals surface area contributed by atoms with Gasteiger partial charge in [0, 0.05) is 5.33 Å². The highest BCUT2D eigenvalue weighted by Crippen LogP contribution is 2.35. The molecular weight excluding hydrogens is 389 g/mol. The van der Waals surface area contributed by atoms with Crippen LogP contribution in [-0.4, -0.2) is 21.0 Å². The summed E-state index contributed by atoms with van der Waals surface area (Å²) in [5.41, 5.74) is 0. The molecule has 0 aliphatic rings. The molecule has 0 spiro atoms. The van der Waals surface area contributed by atoms with Gasteiger partial charge in [-0.1, -0.05) is 43.2 Å². The average molecular weight is 396 g/mol. The third-order valence-corrected chi connectivity index (χ3v) is 3.95. The molecule has 0 saturated heterocycles. The number of rotatable bonds is 4. The minimum atomic E-state index is -4.43. The number of anilines is 1. The molecule has 0 aliphatic heterocycles. The van der Waals surface area contributed by atoms with E-state index in [0.29, 0.717) is 29.3 Å². The Morgan fingerprint density at radius 1 is 1.59 bits per heavy atom. The van der Waals surface area contributed by atoms with Gasteiger partial charge in [0.1, 0.15) is 4.88 Å². The fourth-order valence-electron chi connectivity index (χ4n) is 0.874. The van der Waals surface area contributed by atoms with Crippen LogP contribution < -0.4 is 5.32 Å². The fourth-order valence-corrected chi connectivity index (χ4v) is 2.98. The Kier molecular flexibility index (Phi) is 5.39. The van der Waals surface area contributed by atoms with E-state index in [1.807, 2.05) is 0 Å². The van der Waals surface area contributed by atoms with E-state index in [1.165, 1.54) is 0 Å². The molecule has 1 N–H and O–H groups in total. The van der Waals surface area contributed by atoms with Gasteiger partial charge in [0.05, 0.1) is 11.0 Å². The predicted molar refractivity (Wildman–Crippen MR) is 66.9 cm³/mol. The van der Waals surface area contributed by atoms with E-state index in [0.717, 1.165) is 0 Å². The van der Waals surface area contributed by atoms with Gasteiger partial charge in [-0.2, -0.15) is 13.2 Å². The summed E-state index contributed by atoms with van der Waals surface area (Å²) >= 11 is 6.68. The van der Waals surface area contributed by atoms with Crippen LogP contribution in [0.1, 0.15) is 11.3 Å². The quantitative estimate of drug-likeness (QED) is 0.790. The van der Waals surface area contributed by atoms with Gasteiger partial charge in [-0.25, -0.2) is 4.98 Å². The van der Waals surface area contributed by atoms with Crippen LogP contribution in [0.3, 0.4) is 0 Å². The molecule has 1 atom stereocenters. The summed E-state index contributed by atoms with van der Waals surface area (Å²) in [5, 5.41) is 2.88. The smallest absolute Gasteiger partial charge is 0.301 e. The van der Waals surface area contributed by atoms with Gasteiger partial charge in [0.25, 0.3) is 0 Å². The number of nitrogens with zero attached hydrogens (tertiary/aromatic N) is 1. The Morgan fingerprint density at radius 3 is 2.71 bits per heavy atom. The summed E-state index contributed by atoms with van der Waals surface area (Å²) < 4.78 is 36.8. The zero-order valence-electron chi connectivity index (χ0n) is 8.22. The number of hydrogen-bond donors (Lipinski definition) is 1.